The summed E-state index contributed by atoms with van der Waals surface area (Å²) >= 11 is 6.21. The zero-order chi connectivity index (χ0) is 25.0. The van der Waals surface area contributed by atoms with E-state index in [9.17, 15) is 22.7 Å². The molecule has 2 N–H and O–H groups in total. The molecule has 2 heterocycles. The lowest BCUT2D eigenvalue weighted by atomic mass is 10.1. The van der Waals surface area contributed by atoms with Crippen LogP contribution in [0.4, 0.5) is 40.7 Å². The van der Waals surface area contributed by atoms with E-state index < -0.39 is 17.6 Å². The van der Waals surface area contributed by atoms with Crippen molar-refractivity contribution < 1.29 is 27.4 Å². The molecule has 4 rings (SSSR count). The number of ether oxygens (including phenoxy) is 1. The van der Waals surface area contributed by atoms with Crippen molar-refractivity contribution in [2.75, 3.05) is 36.5 Å². The fourth-order valence-electron chi connectivity index (χ4n) is 3.33. The lowest BCUT2D eigenvalue weighted by molar-refractivity contribution is -0.137. The highest BCUT2D eigenvalue weighted by atomic mass is 35.5. The van der Waals surface area contributed by atoms with Gasteiger partial charge in [0.1, 0.15) is 10.8 Å². The molecule has 0 bridgehead atoms. The van der Waals surface area contributed by atoms with Gasteiger partial charge in [-0.2, -0.15) is 23.3 Å². The number of rotatable bonds is 6. The van der Waals surface area contributed by atoms with Gasteiger partial charge in [0, 0.05) is 24.3 Å². The number of nitrogens with one attached hydrogen (secondary N) is 1. The Labute approximate surface area is 202 Å². The maximum absolute atomic E-state index is 14.1. The van der Waals surface area contributed by atoms with Gasteiger partial charge in [-0.05, 0) is 24.3 Å². The molecular weight excluding hydrogens is 492 g/mol. The topological polar surface area (TPSA) is 95.2 Å². The van der Waals surface area contributed by atoms with Gasteiger partial charge in [0.05, 0.1) is 37.2 Å². The van der Waals surface area contributed by atoms with Crippen LogP contribution in [0.2, 0.25) is 5.02 Å². The number of hydrogen-bond donors (Lipinski definition) is 2. The normalized spacial score (nSPS) is 14.5. The quantitative estimate of drug-likeness (QED) is 0.319. The predicted molar refractivity (Wildman–Crippen MR) is 121 cm³/mol. The number of morpholine rings is 1. The fourth-order valence-corrected chi connectivity index (χ4v) is 3.56. The third kappa shape index (κ3) is 5.95. The minimum absolute atomic E-state index is 0.0543. The van der Waals surface area contributed by atoms with Crippen molar-refractivity contribution in [3.63, 3.8) is 0 Å². The van der Waals surface area contributed by atoms with Crippen LogP contribution in [-0.4, -0.2) is 41.4 Å². The largest absolute Gasteiger partial charge is 0.506 e. The number of nitrogens with zero attached hydrogens (tertiary/aromatic N) is 5. The van der Waals surface area contributed by atoms with Gasteiger partial charge in [0.15, 0.2) is 11.6 Å². The van der Waals surface area contributed by atoms with E-state index >= 15 is 0 Å². The molecule has 2 aromatic carbocycles. The number of phenolic OH excluding ortho intramolecular Hbond substituents is 1. The molecule has 13 heteroatoms. The second-order valence-corrected chi connectivity index (χ2v) is 7.86. The first-order chi connectivity index (χ1) is 16.7. The van der Waals surface area contributed by atoms with E-state index in [0.29, 0.717) is 31.9 Å². The van der Waals surface area contributed by atoms with Gasteiger partial charge in [0.2, 0.25) is 0 Å². The number of alkyl halides is 3. The van der Waals surface area contributed by atoms with Crippen molar-refractivity contribution in [3.8, 4) is 5.75 Å². The minimum atomic E-state index is -4.49. The van der Waals surface area contributed by atoms with Crippen LogP contribution < -0.4 is 10.2 Å². The summed E-state index contributed by atoms with van der Waals surface area (Å²) in [6, 6.07) is 7.59. The molecule has 0 aliphatic carbocycles. The summed E-state index contributed by atoms with van der Waals surface area (Å²) in [5, 5.41) is 20.9. The molecule has 3 aromatic rings. The molecule has 1 aliphatic heterocycles. The van der Waals surface area contributed by atoms with Gasteiger partial charge >= 0.3 is 6.18 Å². The van der Waals surface area contributed by atoms with E-state index in [0.717, 1.165) is 18.3 Å². The number of anilines is 3. The number of aromatic nitrogens is 2. The van der Waals surface area contributed by atoms with E-state index in [-0.39, 0.29) is 40.5 Å². The van der Waals surface area contributed by atoms with Crippen molar-refractivity contribution in [3.05, 3.63) is 64.6 Å². The van der Waals surface area contributed by atoms with Crippen LogP contribution in [0.3, 0.4) is 0 Å². The Morgan fingerprint density at radius 2 is 1.94 bits per heavy atom. The molecule has 0 atom stereocenters. The second-order valence-electron chi connectivity index (χ2n) is 7.48. The number of azo groups is 1. The number of halogens is 5. The zero-order valence-corrected chi connectivity index (χ0v) is 18.8. The number of hydrogen-bond acceptors (Lipinski definition) is 8. The fraction of sp³-hybridized carbons (Fsp3) is 0.273. The first-order valence-electron chi connectivity index (χ1n) is 10.4. The molecular formula is C22H19ClF4N6O2. The smallest absolute Gasteiger partial charge is 0.416 e. The van der Waals surface area contributed by atoms with E-state index in [1.165, 1.54) is 24.3 Å². The Morgan fingerprint density at radius 1 is 1.17 bits per heavy atom. The molecule has 8 nitrogen and oxygen atoms in total. The van der Waals surface area contributed by atoms with Crippen molar-refractivity contribution in [2.24, 2.45) is 10.2 Å². The minimum Gasteiger partial charge on any atom is -0.506 e. The van der Waals surface area contributed by atoms with Gasteiger partial charge in [-0.25, -0.2) is 9.37 Å². The Hall–Kier alpha value is -3.51. The van der Waals surface area contributed by atoms with Crippen molar-refractivity contribution in [2.45, 2.75) is 12.7 Å². The SMILES string of the molecule is Oc1c(CN=Nc2ncc(F)c(N3CCOCC3)n2)ccc(Nc2cccc(C(F)(F)F)c2)c1Cl. The average Bonchev–Trinajstić information content (AvgIpc) is 2.84. The van der Waals surface area contributed by atoms with Gasteiger partial charge in [-0.15, -0.1) is 5.11 Å². The van der Waals surface area contributed by atoms with Gasteiger partial charge in [-0.3, -0.25) is 0 Å². The molecule has 0 unspecified atom stereocenters. The van der Waals surface area contributed by atoms with E-state index in [1.807, 2.05) is 0 Å². The summed E-state index contributed by atoms with van der Waals surface area (Å²) in [7, 11) is 0. The van der Waals surface area contributed by atoms with Crippen LogP contribution >= 0.6 is 11.6 Å². The van der Waals surface area contributed by atoms with Gasteiger partial charge < -0.3 is 20.1 Å². The molecule has 0 saturated carbocycles. The van der Waals surface area contributed by atoms with Crippen molar-refractivity contribution in [1.29, 1.82) is 0 Å². The third-order valence-electron chi connectivity index (χ3n) is 5.09. The summed E-state index contributed by atoms with van der Waals surface area (Å²) in [6.07, 6.45) is -3.48. The summed E-state index contributed by atoms with van der Waals surface area (Å²) in [4.78, 5) is 9.63. The Bertz CT molecular complexity index is 1240. The average molecular weight is 511 g/mol. The second kappa shape index (κ2) is 10.4. The molecule has 0 amide bonds. The molecule has 0 radical (unpaired) electrons. The number of aromatic hydroxyl groups is 1. The lowest BCUT2D eigenvalue weighted by Gasteiger charge is -2.27. The first kappa shape index (κ1) is 24.6. The van der Waals surface area contributed by atoms with Crippen LogP contribution in [-0.2, 0) is 17.5 Å². The van der Waals surface area contributed by atoms with E-state index in [1.54, 1.807) is 4.90 Å². The summed E-state index contributed by atoms with van der Waals surface area (Å²) < 4.78 is 58.2. The highest BCUT2D eigenvalue weighted by molar-refractivity contribution is 6.34. The van der Waals surface area contributed by atoms with Gasteiger partial charge in [-0.1, -0.05) is 23.7 Å². The molecule has 1 aliphatic rings. The summed E-state index contributed by atoms with van der Waals surface area (Å²) in [5.74, 6) is -0.842. The van der Waals surface area contributed by atoms with Crippen LogP contribution in [0.15, 0.2) is 52.8 Å². The summed E-state index contributed by atoms with van der Waals surface area (Å²) in [5.41, 5.74) is -0.150. The van der Waals surface area contributed by atoms with Crippen LogP contribution in [0.25, 0.3) is 0 Å². The highest BCUT2D eigenvalue weighted by Gasteiger charge is 2.30. The van der Waals surface area contributed by atoms with Crippen LogP contribution in [0.1, 0.15) is 11.1 Å². The maximum Gasteiger partial charge on any atom is 0.416 e. The molecule has 184 valence electrons. The Kier molecular flexibility index (Phi) is 7.31. The molecule has 1 fully saturated rings. The molecule has 35 heavy (non-hydrogen) atoms. The van der Waals surface area contributed by atoms with Gasteiger partial charge in [0.25, 0.3) is 5.95 Å². The predicted octanol–water partition coefficient (Wildman–Crippen LogP) is 5.86. The lowest BCUT2D eigenvalue weighted by Crippen LogP contribution is -2.37. The molecule has 1 aromatic heterocycles. The van der Waals surface area contributed by atoms with Crippen LogP contribution in [0, 0.1) is 5.82 Å². The standard InChI is InChI=1S/C22H19ClF4N6O2/c23-18-17(30-15-3-1-2-14(10-15)22(25,26)27)5-4-13(19(18)34)11-29-32-21-28-12-16(24)20(31-21)33-6-8-35-9-7-33/h1-5,10,12,30,34H,6-9,11H2. The van der Waals surface area contributed by atoms with E-state index in [2.05, 4.69) is 25.5 Å². The van der Waals surface area contributed by atoms with Crippen LogP contribution in [0.5, 0.6) is 5.75 Å². The zero-order valence-electron chi connectivity index (χ0n) is 18.1. The van der Waals surface area contributed by atoms with Crippen molar-refractivity contribution in [1.82, 2.24) is 9.97 Å². The first-order valence-corrected chi connectivity index (χ1v) is 10.8. The van der Waals surface area contributed by atoms with E-state index in [4.69, 9.17) is 16.3 Å². The molecule has 0 spiro atoms. The Morgan fingerprint density at radius 3 is 2.69 bits per heavy atom. The monoisotopic (exact) mass is 510 g/mol. The third-order valence-corrected chi connectivity index (χ3v) is 5.48. The number of phenols is 1. The highest BCUT2D eigenvalue weighted by Crippen LogP contribution is 2.37. The Balaban J connectivity index is 1.46. The maximum atomic E-state index is 14.1. The number of benzene rings is 2. The summed E-state index contributed by atoms with van der Waals surface area (Å²) in [6.45, 7) is 1.79. The molecule has 1 saturated heterocycles. The van der Waals surface area contributed by atoms with Crippen molar-refractivity contribution >= 4 is 34.7 Å².